The number of halogens is 2. The molecule has 0 N–H and O–H groups in total. The average Bonchev–Trinajstić information content (AvgIpc) is 2.25. The van der Waals surface area contributed by atoms with E-state index in [-0.39, 0.29) is 24.0 Å². The molecule has 0 unspecified atom stereocenters. The molecule has 1 aromatic carbocycles. The summed E-state index contributed by atoms with van der Waals surface area (Å²) in [6.45, 7) is 0. The highest BCUT2D eigenvalue weighted by atomic mass is 19.3. The Labute approximate surface area is 86.1 Å². The van der Waals surface area contributed by atoms with Gasteiger partial charge in [0.25, 0.3) is 6.43 Å². The molecule has 0 atom stereocenters. The summed E-state index contributed by atoms with van der Waals surface area (Å²) in [5, 5.41) is 8.38. The van der Waals surface area contributed by atoms with Gasteiger partial charge in [-0.3, -0.25) is 4.79 Å². The lowest BCUT2D eigenvalue weighted by Gasteiger charge is -2.09. The summed E-state index contributed by atoms with van der Waals surface area (Å²) >= 11 is 0. The lowest BCUT2D eigenvalue weighted by atomic mass is 9.99. The van der Waals surface area contributed by atoms with Crippen LogP contribution in [0.5, 0.6) is 0 Å². The molecule has 0 aromatic heterocycles. The maximum atomic E-state index is 12.7. The van der Waals surface area contributed by atoms with Gasteiger partial charge in [0, 0.05) is 17.5 Å². The zero-order chi connectivity index (χ0) is 11.3. The van der Waals surface area contributed by atoms with Crippen LogP contribution < -0.4 is 0 Å². The Morgan fingerprint density at radius 1 is 1.47 bits per heavy atom. The number of nitriles is 1. The fourth-order valence-electron chi connectivity index (χ4n) is 1.41. The predicted octanol–water partition coefficient (Wildman–Crippen LogP) is 2.89. The van der Waals surface area contributed by atoms with Crippen LogP contribution in [0.25, 0.3) is 0 Å². The van der Waals surface area contributed by atoms with Crippen molar-refractivity contribution in [2.24, 2.45) is 0 Å². The standard InChI is InChI=1S/C11H9F2NO/c12-11(13)10-8(5-2-6-14)3-1-4-9(10)7-15/h1,3-4,7,11H,2,5H2. The van der Waals surface area contributed by atoms with Crippen molar-refractivity contribution in [1.82, 2.24) is 0 Å². The summed E-state index contributed by atoms with van der Waals surface area (Å²) in [4.78, 5) is 10.6. The summed E-state index contributed by atoms with van der Waals surface area (Å²) in [5.41, 5.74) is 0.124. The normalized spacial score (nSPS) is 10.0. The first-order valence-electron chi connectivity index (χ1n) is 4.42. The van der Waals surface area contributed by atoms with E-state index in [1.807, 2.05) is 6.07 Å². The molecule has 4 heteroatoms. The van der Waals surface area contributed by atoms with E-state index in [1.165, 1.54) is 12.1 Å². The number of benzene rings is 1. The number of rotatable bonds is 4. The van der Waals surface area contributed by atoms with Crippen molar-refractivity contribution in [2.75, 3.05) is 0 Å². The number of hydrogen-bond acceptors (Lipinski definition) is 2. The molecule has 0 bridgehead atoms. The molecule has 0 aliphatic rings. The van der Waals surface area contributed by atoms with Gasteiger partial charge in [0.1, 0.15) is 0 Å². The maximum Gasteiger partial charge on any atom is 0.264 e. The minimum absolute atomic E-state index is 0.000407. The van der Waals surface area contributed by atoms with Crippen LogP contribution in [0.3, 0.4) is 0 Å². The van der Waals surface area contributed by atoms with Crippen LogP contribution in [0.4, 0.5) is 8.78 Å². The van der Waals surface area contributed by atoms with Crippen LogP contribution in [0.2, 0.25) is 0 Å². The van der Waals surface area contributed by atoms with E-state index in [0.29, 0.717) is 11.8 Å². The van der Waals surface area contributed by atoms with Crippen molar-refractivity contribution >= 4 is 6.29 Å². The number of hydrogen-bond donors (Lipinski definition) is 0. The number of carbonyl (C=O) groups excluding carboxylic acids is 1. The molecular formula is C11H9F2NO. The van der Waals surface area contributed by atoms with Crippen molar-refractivity contribution in [3.8, 4) is 6.07 Å². The Hall–Kier alpha value is -1.76. The molecule has 0 saturated carbocycles. The van der Waals surface area contributed by atoms with Gasteiger partial charge in [-0.2, -0.15) is 5.26 Å². The Bertz CT molecular complexity index is 396. The Morgan fingerprint density at radius 2 is 2.20 bits per heavy atom. The van der Waals surface area contributed by atoms with Gasteiger partial charge < -0.3 is 0 Å². The topological polar surface area (TPSA) is 40.9 Å². The van der Waals surface area contributed by atoms with E-state index >= 15 is 0 Å². The summed E-state index contributed by atoms with van der Waals surface area (Å²) in [7, 11) is 0. The number of aryl methyl sites for hydroxylation is 1. The zero-order valence-electron chi connectivity index (χ0n) is 7.91. The van der Waals surface area contributed by atoms with Crippen LogP contribution in [0, 0.1) is 11.3 Å². The molecule has 1 rings (SSSR count). The number of aldehydes is 1. The van der Waals surface area contributed by atoms with Gasteiger partial charge >= 0.3 is 0 Å². The van der Waals surface area contributed by atoms with Crippen molar-refractivity contribution in [3.63, 3.8) is 0 Å². The highest BCUT2D eigenvalue weighted by Gasteiger charge is 2.16. The summed E-state index contributed by atoms with van der Waals surface area (Å²) in [6.07, 6.45) is -1.85. The average molecular weight is 209 g/mol. The second-order valence-electron chi connectivity index (χ2n) is 3.00. The molecule has 0 aliphatic heterocycles. The maximum absolute atomic E-state index is 12.7. The van der Waals surface area contributed by atoms with E-state index in [4.69, 9.17) is 5.26 Å². The van der Waals surface area contributed by atoms with E-state index in [2.05, 4.69) is 0 Å². The lowest BCUT2D eigenvalue weighted by molar-refractivity contribution is 0.110. The third kappa shape index (κ3) is 2.59. The first-order valence-corrected chi connectivity index (χ1v) is 4.42. The Balaban J connectivity index is 3.14. The van der Waals surface area contributed by atoms with E-state index in [1.54, 1.807) is 6.07 Å². The van der Waals surface area contributed by atoms with Crippen molar-refractivity contribution < 1.29 is 13.6 Å². The van der Waals surface area contributed by atoms with Crippen LogP contribution in [-0.2, 0) is 6.42 Å². The molecule has 0 fully saturated rings. The fraction of sp³-hybridized carbons (Fsp3) is 0.273. The van der Waals surface area contributed by atoms with E-state index < -0.39 is 6.43 Å². The smallest absolute Gasteiger partial charge is 0.264 e. The van der Waals surface area contributed by atoms with Crippen LogP contribution in [0.15, 0.2) is 18.2 Å². The van der Waals surface area contributed by atoms with Crippen LogP contribution >= 0.6 is 0 Å². The van der Waals surface area contributed by atoms with Gasteiger partial charge in [0.2, 0.25) is 0 Å². The molecule has 1 aromatic rings. The van der Waals surface area contributed by atoms with Crippen LogP contribution in [-0.4, -0.2) is 6.29 Å². The van der Waals surface area contributed by atoms with Gasteiger partial charge in [0.15, 0.2) is 6.29 Å². The van der Waals surface area contributed by atoms with Gasteiger partial charge in [-0.15, -0.1) is 0 Å². The molecular weight excluding hydrogens is 200 g/mol. The van der Waals surface area contributed by atoms with Gasteiger partial charge in [0.05, 0.1) is 6.07 Å². The first kappa shape index (κ1) is 11.3. The van der Waals surface area contributed by atoms with E-state index in [0.717, 1.165) is 0 Å². The van der Waals surface area contributed by atoms with Crippen molar-refractivity contribution in [3.05, 3.63) is 34.9 Å². The number of alkyl halides is 2. The SMILES string of the molecule is N#CCCc1cccc(C=O)c1C(F)F. The summed E-state index contributed by atoms with van der Waals surface area (Å²) < 4.78 is 25.3. The van der Waals surface area contributed by atoms with Crippen molar-refractivity contribution in [2.45, 2.75) is 19.3 Å². The zero-order valence-corrected chi connectivity index (χ0v) is 7.91. The fourth-order valence-corrected chi connectivity index (χ4v) is 1.41. The van der Waals surface area contributed by atoms with E-state index in [9.17, 15) is 13.6 Å². The molecule has 0 spiro atoms. The summed E-state index contributed by atoms with van der Waals surface area (Å²) in [5.74, 6) is 0. The molecule has 0 heterocycles. The molecule has 15 heavy (non-hydrogen) atoms. The Morgan fingerprint density at radius 3 is 2.73 bits per heavy atom. The molecule has 0 amide bonds. The third-order valence-corrected chi connectivity index (χ3v) is 2.08. The second-order valence-corrected chi connectivity index (χ2v) is 3.00. The minimum atomic E-state index is -2.68. The minimum Gasteiger partial charge on any atom is -0.298 e. The number of nitrogens with zero attached hydrogens (tertiary/aromatic N) is 1. The highest BCUT2D eigenvalue weighted by molar-refractivity contribution is 5.78. The second kappa shape index (κ2) is 5.20. The number of carbonyl (C=O) groups is 1. The molecule has 78 valence electrons. The van der Waals surface area contributed by atoms with Gasteiger partial charge in [-0.05, 0) is 12.0 Å². The Kier molecular flexibility index (Phi) is 3.92. The monoisotopic (exact) mass is 209 g/mol. The molecule has 0 aliphatic carbocycles. The summed E-state index contributed by atoms with van der Waals surface area (Å²) in [6, 6.07) is 6.30. The molecule has 0 saturated heterocycles. The predicted molar refractivity (Wildman–Crippen MR) is 50.7 cm³/mol. The van der Waals surface area contributed by atoms with Gasteiger partial charge in [-0.25, -0.2) is 8.78 Å². The van der Waals surface area contributed by atoms with Crippen LogP contribution in [0.1, 0.15) is 34.3 Å². The first-order chi connectivity index (χ1) is 7.20. The van der Waals surface area contributed by atoms with Gasteiger partial charge in [-0.1, -0.05) is 18.2 Å². The third-order valence-electron chi connectivity index (χ3n) is 2.08. The lowest BCUT2D eigenvalue weighted by Crippen LogP contribution is -2.00. The molecule has 2 nitrogen and oxygen atoms in total. The highest BCUT2D eigenvalue weighted by Crippen LogP contribution is 2.26. The largest absolute Gasteiger partial charge is 0.298 e. The molecule has 0 radical (unpaired) electrons. The quantitative estimate of drug-likeness (QED) is 0.715. The van der Waals surface area contributed by atoms with Crippen molar-refractivity contribution in [1.29, 1.82) is 5.26 Å².